The van der Waals surface area contributed by atoms with Crippen LogP contribution in [0.2, 0.25) is 0 Å². The maximum absolute atomic E-state index is 13.4. The lowest BCUT2D eigenvalue weighted by molar-refractivity contribution is 0.00565. The van der Waals surface area contributed by atoms with Gasteiger partial charge in [0.05, 0.1) is 23.8 Å². The standard InChI is InChI=1S/C17H16FN7O/c1-10-20-21-15-2-3-16(22-25(10)15)23-8-13-5-14(9-23)24(13)17(26)11-4-12(18)7-19-6-11/h2-4,6-7,13-14H,5,8-9H2,1H3. The predicted octanol–water partition coefficient (Wildman–Crippen LogP) is 1.07. The number of carbonyl (C=O) groups excluding carboxylic acids is 1. The Morgan fingerprint density at radius 1 is 1.19 bits per heavy atom. The molecule has 6 rings (SSSR count). The molecule has 9 heteroatoms. The topological polar surface area (TPSA) is 79.5 Å². The van der Waals surface area contributed by atoms with Crippen molar-refractivity contribution in [2.45, 2.75) is 25.4 Å². The summed E-state index contributed by atoms with van der Waals surface area (Å²) in [4.78, 5) is 20.5. The van der Waals surface area contributed by atoms with E-state index in [1.807, 2.05) is 24.0 Å². The van der Waals surface area contributed by atoms with E-state index in [0.717, 1.165) is 24.3 Å². The molecule has 0 N–H and O–H groups in total. The monoisotopic (exact) mass is 353 g/mol. The van der Waals surface area contributed by atoms with Gasteiger partial charge < -0.3 is 9.80 Å². The highest BCUT2D eigenvalue weighted by Gasteiger charge is 2.47. The van der Waals surface area contributed by atoms with Crippen molar-refractivity contribution in [2.24, 2.45) is 0 Å². The maximum atomic E-state index is 13.4. The van der Waals surface area contributed by atoms with E-state index >= 15 is 0 Å². The molecule has 0 spiro atoms. The molecule has 3 saturated heterocycles. The van der Waals surface area contributed by atoms with E-state index in [4.69, 9.17) is 0 Å². The molecule has 3 aliphatic heterocycles. The van der Waals surface area contributed by atoms with Crippen LogP contribution in [0.25, 0.3) is 5.65 Å². The van der Waals surface area contributed by atoms with Crippen molar-refractivity contribution in [1.82, 2.24) is 29.7 Å². The Hall–Kier alpha value is -3.10. The van der Waals surface area contributed by atoms with Gasteiger partial charge in [0.25, 0.3) is 5.91 Å². The number of rotatable bonds is 2. The largest absolute Gasteiger partial charge is 0.351 e. The Labute approximate surface area is 148 Å². The minimum absolute atomic E-state index is 0.101. The van der Waals surface area contributed by atoms with Gasteiger partial charge in [0.1, 0.15) is 11.6 Å². The number of hydrogen-bond acceptors (Lipinski definition) is 6. The van der Waals surface area contributed by atoms with Crippen molar-refractivity contribution in [3.8, 4) is 0 Å². The van der Waals surface area contributed by atoms with Crippen molar-refractivity contribution in [3.63, 3.8) is 0 Å². The van der Waals surface area contributed by atoms with Crippen molar-refractivity contribution < 1.29 is 9.18 Å². The van der Waals surface area contributed by atoms with Crippen LogP contribution < -0.4 is 4.90 Å². The summed E-state index contributed by atoms with van der Waals surface area (Å²) in [5.74, 6) is 0.926. The van der Waals surface area contributed by atoms with Crippen molar-refractivity contribution in [2.75, 3.05) is 18.0 Å². The van der Waals surface area contributed by atoms with Crippen LogP contribution in [0.1, 0.15) is 22.6 Å². The van der Waals surface area contributed by atoms with E-state index in [0.29, 0.717) is 24.3 Å². The highest BCUT2D eigenvalue weighted by molar-refractivity contribution is 5.95. The second-order valence-corrected chi connectivity index (χ2v) is 6.76. The Bertz CT molecular complexity index is 1010. The molecular formula is C17H16FN7O. The zero-order valence-corrected chi connectivity index (χ0v) is 14.1. The van der Waals surface area contributed by atoms with Gasteiger partial charge in [0, 0.05) is 19.3 Å². The minimum atomic E-state index is -0.495. The molecule has 2 atom stereocenters. The minimum Gasteiger partial charge on any atom is -0.351 e. The lowest BCUT2D eigenvalue weighted by Crippen LogP contribution is -2.70. The molecule has 132 valence electrons. The van der Waals surface area contributed by atoms with E-state index < -0.39 is 5.82 Å². The molecule has 1 amide bonds. The summed E-state index contributed by atoms with van der Waals surface area (Å²) in [5.41, 5.74) is 1.01. The van der Waals surface area contributed by atoms with E-state index in [-0.39, 0.29) is 18.0 Å². The van der Waals surface area contributed by atoms with Gasteiger partial charge in [-0.25, -0.2) is 4.39 Å². The number of anilines is 1. The molecule has 6 heterocycles. The van der Waals surface area contributed by atoms with E-state index in [9.17, 15) is 9.18 Å². The zero-order valence-electron chi connectivity index (χ0n) is 14.1. The fraction of sp³-hybridized carbons (Fsp3) is 0.353. The van der Waals surface area contributed by atoms with Gasteiger partial charge in [0.15, 0.2) is 11.5 Å². The summed E-state index contributed by atoms with van der Waals surface area (Å²) in [7, 11) is 0. The van der Waals surface area contributed by atoms with Gasteiger partial charge >= 0.3 is 0 Å². The number of hydrogen-bond donors (Lipinski definition) is 0. The highest BCUT2D eigenvalue weighted by atomic mass is 19.1. The zero-order chi connectivity index (χ0) is 17.8. The first kappa shape index (κ1) is 15.2. The molecule has 0 aromatic carbocycles. The number of pyridine rings is 1. The first-order valence-electron chi connectivity index (χ1n) is 8.47. The lowest BCUT2D eigenvalue weighted by Gasteiger charge is -2.56. The summed E-state index contributed by atoms with van der Waals surface area (Å²) in [6.45, 7) is 3.26. The first-order chi connectivity index (χ1) is 12.6. The molecule has 3 aromatic rings. The molecule has 2 bridgehead atoms. The molecule has 0 saturated carbocycles. The summed E-state index contributed by atoms with van der Waals surface area (Å²) in [6.07, 6.45) is 3.48. The van der Waals surface area contributed by atoms with Gasteiger partial charge in [0.2, 0.25) is 0 Å². The molecule has 26 heavy (non-hydrogen) atoms. The van der Waals surface area contributed by atoms with Crippen molar-refractivity contribution in [3.05, 3.63) is 47.8 Å². The third kappa shape index (κ3) is 2.23. The molecular weight excluding hydrogens is 337 g/mol. The van der Waals surface area contributed by atoms with E-state index in [1.54, 1.807) is 4.52 Å². The molecule has 8 nitrogen and oxygen atoms in total. The summed E-state index contributed by atoms with van der Waals surface area (Å²) in [6, 6.07) is 5.26. The normalized spacial score (nSPS) is 21.8. The second-order valence-electron chi connectivity index (χ2n) is 6.76. The van der Waals surface area contributed by atoms with Crippen LogP contribution in [-0.4, -0.2) is 60.8 Å². The smallest absolute Gasteiger partial charge is 0.256 e. The molecule has 3 fully saturated rings. The lowest BCUT2D eigenvalue weighted by atomic mass is 9.86. The second kappa shape index (κ2) is 5.45. The van der Waals surface area contributed by atoms with Gasteiger partial charge in [-0.05, 0) is 31.5 Å². The van der Waals surface area contributed by atoms with Crippen LogP contribution in [0, 0.1) is 12.7 Å². The fourth-order valence-corrected chi connectivity index (χ4v) is 3.86. The number of carbonyl (C=O) groups is 1. The van der Waals surface area contributed by atoms with Crippen LogP contribution in [0.3, 0.4) is 0 Å². The van der Waals surface area contributed by atoms with E-state index in [2.05, 4.69) is 25.2 Å². The number of halogens is 1. The van der Waals surface area contributed by atoms with E-state index in [1.165, 1.54) is 12.3 Å². The summed E-state index contributed by atoms with van der Waals surface area (Å²) >= 11 is 0. The van der Waals surface area contributed by atoms with Crippen LogP contribution in [0.15, 0.2) is 30.6 Å². The van der Waals surface area contributed by atoms with Crippen LogP contribution in [0.5, 0.6) is 0 Å². The Kier molecular flexibility index (Phi) is 3.18. The fourth-order valence-electron chi connectivity index (χ4n) is 3.86. The van der Waals surface area contributed by atoms with Crippen molar-refractivity contribution in [1.29, 1.82) is 0 Å². The number of aryl methyl sites for hydroxylation is 1. The highest BCUT2D eigenvalue weighted by Crippen LogP contribution is 2.35. The molecule has 0 aliphatic carbocycles. The van der Waals surface area contributed by atoms with Gasteiger partial charge in [-0.2, -0.15) is 4.52 Å². The average Bonchev–Trinajstić information content (AvgIpc) is 3.02. The van der Waals surface area contributed by atoms with Crippen LogP contribution >= 0.6 is 0 Å². The van der Waals surface area contributed by atoms with Crippen LogP contribution in [0.4, 0.5) is 10.2 Å². The Morgan fingerprint density at radius 3 is 2.77 bits per heavy atom. The number of piperazine rings is 1. The quantitative estimate of drug-likeness (QED) is 0.686. The third-order valence-corrected chi connectivity index (χ3v) is 5.11. The average molecular weight is 353 g/mol. The van der Waals surface area contributed by atoms with Gasteiger partial charge in [-0.15, -0.1) is 15.3 Å². The number of fused-ring (bicyclic) bond motifs is 3. The number of nitrogens with zero attached hydrogens (tertiary/aromatic N) is 7. The van der Waals surface area contributed by atoms with Gasteiger partial charge in [-0.3, -0.25) is 9.78 Å². The maximum Gasteiger partial charge on any atom is 0.256 e. The number of amides is 1. The molecule has 3 aliphatic rings. The Balaban J connectivity index is 1.36. The molecule has 0 radical (unpaired) electrons. The Morgan fingerprint density at radius 2 is 2.00 bits per heavy atom. The molecule has 2 unspecified atom stereocenters. The van der Waals surface area contributed by atoms with Crippen LogP contribution in [-0.2, 0) is 0 Å². The predicted molar refractivity (Wildman–Crippen MR) is 90.3 cm³/mol. The SMILES string of the molecule is Cc1nnc2ccc(N3CC4CC(C3)N4C(=O)c3cncc(F)c3)nn12. The summed E-state index contributed by atoms with van der Waals surface area (Å²) in [5, 5.41) is 12.7. The third-order valence-electron chi connectivity index (χ3n) is 5.11. The first-order valence-corrected chi connectivity index (χ1v) is 8.47. The van der Waals surface area contributed by atoms with Crippen molar-refractivity contribution >= 4 is 17.4 Å². The molecule has 3 aromatic heterocycles. The summed E-state index contributed by atoms with van der Waals surface area (Å²) < 4.78 is 15.1. The van der Waals surface area contributed by atoms with Gasteiger partial charge in [-0.1, -0.05) is 0 Å². The number of aromatic nitrogens is 5. The number of piperidine rings is 1.